The average molecular weight is 554 g/mol. The molecule has 4 rings (SSSR count). The monoisotopic (exact) mass is 553 g/mol. The van der Waals surface area contributed by atoms with Crippen LogP contribution in [0.3, 0.4) is 0 Å². The van der Waals surface area contributed by atoms with Crippen molar-refractivity contribution in [2.75, 3.05) is 5.75 Å². The van der Waals surface area contributed by atoms with Crippen molar-refractivity contribution < 1.29 is 29.3 Å². The minimum atomic E-state index is -0.901. The smallest absolute Gasteiger partial charge is 0.303 e. The minimum Gasteiger partial charge on any atom is -0.481 e. The highest BCUT2D eigenvalue weighted by molar-refractivity contribution is 7.99. The van der Waals surface area contributed by atoms with Crippen molar-refractivity contribution in [2.45, 2.75) is 63.0 Å². The molecule has 2 aromatic carbocycles. The van der Waals surface area contributed by atoms with Crippen molar-refractivity contribution in [1.29, 1.82) is 0 Å². The van der Waals surface area contributed by atoms with Crippen LogP contribution in [0, 0.1) is 5.92 Å². The van der Waals surface area contributed by atoms with Gasteiger partial charge < -0.3 is 29.6 Å². The number of carboxylic acid groups (broad SMARTS) is 1. The zero-order valence-corrected chi connectivity index (χ0v) is 23.0. The van der Waals surface area contributed by atoms with Crippen LogP contribution in [0.4, 0.5) is 0 Å². The molecular weight excluding hydrogens is 518 g/mol. The summed E-state index contributed by atoms with van der Waals surface area (Å²) in [5.41, 5.74) is 3.68. The highest BCUT2D eigenvalue weighted by atomic mass is 32.2. The Labute approximate surface area is 232 Å². The first kappa shape index (κ1) is 28.8. The van der Waals surface area contributed by atoms with Crippen molar-refractivity contribution in [3.05, 3.63) is 83.2 Å². The van der Waals surface area contributed by atoms with Gasteiger partial charge in [-0.05, 0) is 23.1 Å². The third-order valence-electron chi connectivity index (χ3n) is 6.81. The number of aromatic nitrogens is 2. The Morgan fingerprint density at radius 3 is 2.36 bits per heavy atom. The average Bonchev–Trinajstić information content (AvgIpc) is 3.36. The molecule has 4 atom stereocenters. The number of imidazole rings is 1. The molecule has 1 aliphatic heterocycles. The number of rotatable bonds is 12. The first-order chi connectivity index (χ1) is 18.8. The van der Waals surface area contributed by atoms with Crippen LogP contribution in [-0.4, -0.2) is 43.5 Å². The Bertz CT molecular complexity index is 1230. The molecule has 0 spiro atoms. The number of nitrogens with zero attached hydrogens (tertiary/aromatic N) is 2. The number of thioether (sulfide) groups is 1. The van der Waals surface area contributed by atoms with Crippen molar-refractivity contribution in [1.82, 2.24) is 14.9 Å². The van der Waals surface area contributed by atoms with Crippen LogP contribution in [0.5, 0.6) is 0 Å². The van der Waals surface area contributed by atoms with Crippen LogP contribution in [0.25, 0.3) is 0 Å². The van der Waals surface area contributed by atoms with Gasteiger partial charge in [-0.15, -0.1) is 0 Å². The number of benzene rings is 2. The van der Waals surface area contributed by atoms with Crippen LogP contribution < -0.4 is 5.32 Å². The van der Waals surface area contributed by atoms with Gasteiger partial charge in [-0.1, -0.05) is 67.2 Å². The molecule has 1 aliphatic rings. The van der Waals surface area contributed by atoms with Crippen LogP contribution in [-0.2, 0) is 39.3 Å². The molecule has 0 aliphatic carbocycles. The first-order valence-corrected chi connectivity index (χ1v) is 14.0. The number of nitrogens with one attached hydrogen (secondary N) is 1. The minimum absolute atomic E-state index is 0.00877. The van der Waals surface area contributed by atoms with Crippen LogP contribution in [0.1, 0.15) is 60.8 Å². The Balaban J connectivity index is 1.44. The molecule has 3 aromatic rings. The number of aliphatic hydroxyl groups excluding tert-OH is 1. The zero-order valence-electron chi connectivity index (χ0n) is 22.2. The summed E-state index contributed by atoms with van der Waals surface area (Å²) in [5.74, 6) is -0.286. The summed E-state index contributed by atoms with van der Waals surface area (Å²) in [6.07, 6.45) is 3.32. The lowest BCUT2D eigenvalue weighted by Crippen LogP contribution is -2.38. The summed E-state index contributed by atoms with van der Waals surface area (Å²) in [6.45, 7) is 2.48. The van der Waals surface area contributed by atoms with E-state index < -0.39 is 12.3 Å². The lowest BCUT2D eigenvalue weighted by Gasteiger charge is -2.41. The third kappa shape index (κ3) is 7.92. The number of amides is 1. The molecule has 10 heteroatoms. The van der Waals surface area contributed by atoms with E-state index in [9.17, 15) is 14.7 Å². The van der Waals surface area contributed by atoms with Crippen LogP contribution >= 0.6 is 11.8 Å². The van der Waals surface area contributed by atoms with Crippen LogP contribution in [0.2, 0.25) is 0 Å². The van der Waals surface area contributed by atoms with Gasteiger partial charge in [0.1, 0.15) is 0 Å². The van der Waals surface area contributed by atoms with Crippen molar-refractivity contribution in [2.24, 2.45) is 13.0 Å². The fraction of sp³-hybridized carbons (Fsp3) is 0.414. The Kier molecular flexibility index (Phi) is 10.2. The highest BCUT2D eigenvalue weighted by Crippen LogP contribution is 2.42. The Morgan fingerprint density at radius 2 is 1.72 bits per heavy atom. The van der Waals surface area contributed by atoms with E-state index in [1.54, 1.807) is 18.0 Å². The molecule has 1 aromatic heterocycles. The number of carbonyl (C=O) groups is 2. The van der Waals surface area contributed by atoms with Crippen LogP contribution in [0.15, 0.2) is 66.1 Å². The van der Waals surface area contributed by atoms with Gasteiger partial charge in [0.25, 0.3) is 0 Å². The van der Waals surface area contributed by atoms with E-state index in [1.165, 1.54) is 0 Å². The fourth-order valence-electron chi connectivity index (χ4n) is 4.44. The maximum atomic E-state index is 12.0. The topological polar surface area (TPSA) is 123 Å². The number of aliphatic hydroxyl groups is 1. The van der Waals surface area contributed by atoms with E-state index in [-0.39, 0.29) is 43.5 Å². The molecule has 39 heavy (non-hydrogen) atoms. The Morgan fingerprint density at radius 1 is 1.03 bits per heavy atom. The molecule has 1 saturated heterocycles. The lowest BCUT2D eigenvalue weighted by molar-refractivity contribution is -0.268. The quantitative estimate of drug-likeness (QED) is 0.283. The molecule has 0 radical (unpaired) electrons. The first-order valence-electron chi connectivity index (χ1n) is 13.0. The summed E-state index contributed by atoms with van der Waals surface area (Å²) >= 11 is 1.65. The number of hydrogen-bond acceptors (Lipinski definition) is 7. The molecule has 0 unspecified atom stereocenters. The second-order valence-corrected chi connectivity index (χ2v) is 10.7. The van der Waals surface area contributed by atoms with E-state index in [2.05, 4.69) is 17.2 Å². The number of carboxylic acids is 1. The molecule has 2 heterocycles. The summed E-state index contributed by atoms with van der Waals surface area (Å²) in [6, 6.07) is 15.6. The standard InChI is InChI=1S/C29H35N3O6S/c1-19-24(18-39-29-30-14-15-32(29)2)37-28(38-27(19)22-10-8-21(17-33)9-11-22)23-12-6-20(7-13-23)16-31-25(34)4-3-5-26(35)36/h6-15,19,24,27-28,33H,3-5,16-18H2,1-2H3,(H,31,34)(H,35,36)/t19-,24+,27+,28+/m0/s1. The number of aryl methyl sites for hydroxylation is 1. The van der Waals surface area contributed by atoms with E-state index in [1.807, 2.05) is 66.3 Å². The third-order valence-corrected chi connectivity index (χ3v) is 7.96. The second-order valence-electron chi connectivity index (χ2n) is 9.72. The largest absolute Gasteiger partial charge is 0.481 e. The number of hydrogen-bond donors (Lipinski definition) is 3. The van der Waals surface area contributed by atoms with E-state index in [0.717, 1.165) is 27.4 Å². The molecule has 0 saturated carbocycles. The van der Waals surface area contributed by atoms with Gasteiger partial charge in [-0.3, -0.25) is 9.59 Å². The molecule has 9 nitrogen and oxygen atoms in total. The predicted octanol–water partition coefficient (Wildman–Crippen LogP) is 4.37. The summed E-state index contributed by atoms with van der Waals surface area (Å²) in [4.78, 5) is 27.0. The summed E-state index contributed by atoms with van der Waals surface area (Å²) in [5, 5.41) is 21.9. The van der Waals surface area contributed by atoms with Gasteiger partial charge in [0.2, 0.25) is 5.91 Å². The van der Waals surface area contributed by atoms with E-state index >= 15 is 0 Å². The molecule has 1 amide bonds. The molecule has 0 bridgehead atoms. The van der Waals surface area contributed by atoms with Gasteiger partial charge >= 0.3 is 5.97 Å². The maximum Gasteiger partial charge on any atom is 0.303 e. The lowest BCUT2D eigenvalue weighted by atomic mass is 9.91. The zero-order chi connectivity index (χ0) is 27.8. The van der Waals surface area contributed by atoms with E-state index in [0.29, 0.717) is 18.7 Å². The van der Waals surface area contributed by atoms with Gasteiger partial charge in [-0.2, -0.15) is 0 Å². The summed E-state index contributed by atoms with van der Waals surface area (Å²) < 4.78 is 15.0. The van der Waals surface area contributed by atoms with Gasteiger partial charge in [0, 0.05) is 56.1 Å². The Hall–Kier alpha value is -3.18. The second kappa shape index (κ2) is 13.7. The molecule has 1 fully saturated rings. The molecule has 3 N–H and O–H groups in total. The van der Waals surface area contributed by atoms with Crippen molar-refractivity contribution in [3.63, 3.8) is 0 Å². The fourth-order valence-corrected chi connectivity index (χ4v) is 5.53. The van der Waals surface area contributed by atoms with Gasteiger partial charge in [-0.25, -0.2) is 4.98 Å². The maximum absolute atomic E-state index is 12.0. The number of aliphatic carboxylic acids is 1. The normalized spacial score (nSPS) is 21.0. The van der Waals surface area contributed by atoms with Gasteiger partial charge in [0.05, 0.1) is 18.8 Å². The van der Waals surface area contributed by atoms with E-state index in [4.69, 9.17) is 14.6 Å². The predicted molar refractivity (Wildman–Crippen MR) is 147 cm³/mol. The number of carbonyl (C=O) groups excluding carboxylic acids is 1. The SMILES string of the molecule is C[C@H]1[C@@H](CSc2nccn2C)O[C@@H](c2ccc(CNC(=O)CCCC(=O)O)cc2)O[C@H]1c1ccc(CO)cc1. The number of ether oxygens (including phenoxy) is 2. The van der Waals surface area contributed by atoms with Crippen molar-refractivity contribution >= 4 is 23.6 Å². The summed E-state index contributed by atoms with van der Waals surface area (Å²) in [7, 11) is 1.97. The highest BCUT2D eigenvalue weighted by Gasteiger charge is 2.38. The molecule has 208 valence electrons. The van der Waals surface area contributed by atoms with Gasteiger partial charge in [0.15, 0.2) is 11.4 Å². The molecular formula is C29H35N3O6S. The van der Waals surface area contributed by atoms with Crippen molar-refractivity contribution in [3.8, 4) is 0 Å².